The number of hydrogen-bond donors (Lipinski definition) is 1. The molecule has 0 spiro atoms. The molecule has 0 aliphatic carbocycles. The minimum Gasteiger partial charge on any atom is -0.497 e. The van der Waals surface area contributed by atoms with E-state index in [1.807, 2.05) is 30.3 Å². The van der Waals surface area contributed by atoms with Crippen LogP contribution in [-0.2, 0) is 9.84 Å². The summed E-state index contributed by atoms with van der Waals surface area (Å²) in [5, 5.41) is 2.97. The number of methoxy groups -OCH3 is 1. The van der Waals surface area contributed by atoms with Gasteiger partial charge in [-0.3, -0.25) is 0 Å². The number of hydrogen-bond acceptors (Lipinski definition) is 7. The second-order valence-electron chi connectivity index (χ2n) is 6.17. The second-order valence-corrected chi connectivity index (χ2v) is 8.65. The lowest BCUT2D eigenvalue weighted by Gasteiger charge is -2.12. The van der Waals surface area contributed by atoms with Crippen LogP contribution in [0.1, 0.15) is 13.8 Å². The van der Waals surface area contributed by atoms with E-state index < -0.39 is 15.1 Å². The molecule has 152 valence electrons. The topological polar surface area (TPSA) is 93.5 Å². The van der Waals surface area contributed by atoms with Crippen molar-refractivity contribution in [3.05, 3.63) is 67.0 Å². The van der Waals surface area contributed by atoms with Gasteiger partial charge < -0.3 is 4.74 Å². The van der Waals surface area contributed by atoms with Crippen LogP contribution in [0.3, 0.4) is 0 Å². The summed E-state index contributed by atoms with van der Waals surface area (Å²) in [6, 6.07) is 16.5. The summed E-state index contributed by atoms with van der Waals surface area (Å²) in [6.07, 6.45) is 3.10. The quantitative estimate of drug-likeness (QED) is 0.485. The number of para-hydroxylation sites is 1. The summed E-state index contributed by atoms with van der Waals surface area (Å²) in [7, 11) is -1.71. The van der Waals surface area contributed by atoms with Crippen molar-refractivity contribution in [2.75, 3.05) is 12.5 Å². The minimum absolute atomic E-state index is 0.283. The highest BCUT2D eigenvalue weighted by molar-refractivity contribution is 7.92. The molecule has 0 atom stereocenters. The average molecular weight is 413 g/mol. The standard InChI is InChI=1S/C14H16N4O2S.C7H8O/c1-10(2)21(19,20)13-7-5-4-6-12(13)11-8-16-14(17-9-11)18-15-3;1-8-7-5-3-2-4-6-7/h4-10H,3H2,1-2H3,(H,16,17,18);2-6H,1H3. The number of hydrazone groups is 1. The Morgan fingerprint density at radius 2 is 1.59 bits per heavy atom. The molecule has 0 saturated carbocycles. The first-order valence-electron chi connectivity index (χ1n) is 8.86. The Morgan fingerprint density at radius 3 is 2.10 bits per heavy atom. The number of aromatic nitrogens is 2. The third-order valence-corrected chi connectivity index (χ3v) is 6.15. The van der Waals surface area contributed by atoms with Gasteiger partial charge in [-0.05, 0) is 32.0 Å². The highest BCUT2D eigenvalue weighted by atomic mass is 32.2. The number of nitrogens with zero attached hydrogens (tertiary/aromatic N) is 3. The smallest absolute Gasteiger partial charge is 0.243 e. The SMILES string of the molecule is C=NNc1ncc(-c2ccccc2S(=O)(=O)C(C)C)cn1.COc1ccccc1. The van der Waals surface area contributed by atoms with E-state index in [1.54, 1.807) is 57.6 Å². The van der Waals surface area contributed by atoms with Crippen LogP contribution < -0.4 is 10.2 Å². The fourth-order valence-electron chi connectivity index (χ4n) is 2.36. The van der Waals surface area contributed by atoms with Gasteiger partial charge in [0.25, 0.3) is 0 Å². The molecule has 0 radical (unpaired) electrons. The second kappa shape index (κ2) is 10.3. The third kappa shape index (κ3) is 5.86. The number of benzene rings is 2. The van der Waals surface area contributed by atoms with E-state index in [9.17, 15) is 8.42 Å². The van der Waals surface area contributed by atoms with Crippen molar-refractivity contribution < 1.29 is 13.2 Å². The molecular weight excluding hydrogens is 388 g/mol. The average Bonchev–Trinajstić information content (AvgIpc) is 2.75. The molecule has 8 heteroatoms. The van der Waals surface area contributed by atoms with E-state index in [-0.39, 0.29) is 4.90 Å². The molecule has 1 heterocycles. The van der Waals surface area contributed by atoms with Crippen molar-refractivity contribution in [3.8, 4) is 16.9 Å². The number of nitrogens with one attached hydrogen (secondary N) is 1. The van der Waals surface area contributed by atoms with Crippen LogP contribution in [0.4, 0.5) is 5.95 Å². The molecule has 2 aromatic carbocycles. The van der Waals surface area contributed by atoms with Gasteiger partial charge in [-0.25, -0.2) is 23.8 Å². The highest BCUT2D eigenvalue weighted by Gasteiger charge is 2.23. The zero-order valence-electron chi connectivity index (χ0n) is 16.6. The van der Waals surface area contributed by atoms with Crippen molar-refractivity contribution in [3.63, 3.8) is 0 Å². The summed E-state index contributed by atoms with van der Waals surface area (Å²) in [6.45, 7) is 6.60. The monoisotopic (exact) mass is 412 g/mol. The van der Waals surface area contributed by atoms with Crippen molar-refractivity contribution in [1.29, 1.82) is 0 Å². The summed E-state index contributed by atoms with van der Waals surface area (Å²) in [5.41, 5.74) is 3.74. The highest BCUT2D eigenvalue weighted by Crippen LogP contribution is 2.29. The Bertz CT molecular complexity index is 1020. The molecular formula is C21H24N4O3S. The van der Waals surface area contributed by atoms with E-state index in [1.165, 1.54) is 0 Å². The normalized spacial score (nSPS) is 10.6. The van der Waals surface area contributed by atoms with Gasteiger partial charge >= 0.3 is 0 Å². The van der Waals surface area contributed by atoms with Crippen LogP contribution in [0.25, 0.3) is 11.1 Å². The maximum absolute atomic E-state index is 12.4. The molecule has 7 nitrogen and oxygen atoms in total. The van der Waals surface area contributed by atoms with Crippen LogP contribution in [0.15, 0.2) is 77.0 Å². The predicted octanol–water partition coefficient (Wildman–Crippen LogP) is 4.05. The van der Waals surface area contributed by atoms with Gasteiger partial charge in [0.1, 0.15) is 5.75 Å². The van der Waals surface area contributed by atoms with Crippen molar-refractivity contribution in [1.82, 2.24) is 9.97 Å². The Labute approximate surface area is 171 Å². The molecule has 1 aromatic heterocycles. The van der Waals surface area contributed by atoms with Crippen LogP contribution in [0.5, 0.6) is 5.75 Å². The maximum atomic E-state index is 12.4. The third-order valence-electron chi connectivity index (χ3n) is 3.93. The van der Waals surface area contributed by atoms with Crippen LogP contribution in [-0.4, -0.2) is 37.5 Å². The molecule has 0 bridgehead atoms. The van der Waals surface area contributed by atoms with E-state index in [4.69, 9.17) is 4.74 Å². The summed E-state index contributed by atoms with van der Waals surface area (Å²) in [4.78, 5) is 8.41. The molecule has 0 unspecified atom stereocenters. The van der Waals surface area contributed by atoms with Gasteiger partial charge in [0.2, 0.25) is 5.95 Å². The van der Waals surface area contributed by atoms with Gasteiger partial charge in [0.05, 0.1) is 17.3 Å². The van der Waals surface area contributed by atoms with Crippen molar-refractivity contribution in [2.24, 2.45) is 5.10 Å². The van der Waals surface area contributed by atoms with E-state index in [2.05, 4.69) is 27.2 Å². The van der Waals surface area contributed by atoms with Crippen LogP contribution in [0.2, 0.25) is 0 Å². The molecule has 0 fully saturated rings. The first-order valence-corrected chi connectivity index (χ1v) is 10.4. The Hall–Kier alpha value is -3.26. The molecule has 0 aliphatic heterocycles. The van der Waals surface area contributed by atoms with Crippen molar-refractivity contribution >= 4 is 22.5 Å². The van der Waals surface area contributed by atoms with E-state index in [0.717, 1.165) is 5.75 Å². The predicted molar refractivity (Wildman–Crippen MR) is 116 cm³/mol. The molecule has 3 rings (SSSR count). The Morgan fingerprint density at radius 1 is 1.00 bits per heavy atom. The van der Waals surface area contributed by atoms with Gasteiger partial charge in [-0.1, -0.05) is 36.4 Å². The van der Waals surface area contributed by atoms with Gasteiger partial charge in [-0.2, -0.15) is 5.10 Å². The number of anilines is 1. The van der Waals surface area contributed by atoms with Crippen LogP contribution in [0, 0.1) is 0 Å². The molecule has 0 saturated heterocycles. The molecule has 0 amide bonds. The number of rotatable bonds is 6. The van der Waals surface area contributed by atoms with Gasteiger partial charge in [0.15, 0.2) is 9.84 Å². The zero-order chi connectivity index (χ0) is 21.3. The number of ether oxygens (including phenoxy) is 1. The Balaban J connectivity index is 0.000000313. The largest absolute Gasteiger partial charge is 0.497 e. The zero-order valence-corrected chi connectivity index (χ0v) is 17.4. The number of sulfone groups is 1. The summed E-state index contributed by atoms with van der Waals surface area (Å²) in [5.74, 6) is 1.21. The Kier molecular flexibility index (Phi) is 7.85. The lowest BCUT2D eigenvalue weighted by molar-refractivity contribution is 0.415. The minimum atomic E-state index is -3.38. The lowest BCUT2D eigenvalue weighted by Crippen LogP contribution is -2.15. The fourth-order valence-corrected chi connectivity index (χ4v) is 3.63. The lowest BCUT2D eigenvalue weighted by atomic mass is 10.1. The van der Waals surface area contributed by atoms with Gasteiger partial charge in [-0.15, -0.1) is 0 Å². The molecule has 1 N–H and O–H groups in total. The molecule has 29 heavy (non-hydrogen) atoms. The van der Waals surface area contributed by atoms with E-state index >= 15 is 0 Å². The first-order chi connectivity index (χ1) is 13.9. The maximum Gasteiger partial charge on any atom is 0.243 e. The fraction of sp³-hybridized carbons (Fsp3) is 0.190. The van der Waals surface area contributed by atoms with Crippen LogP contribution >= 0.6 is 0 Å². The molecule has 3 aromatic rings. The van der Waals surface area contributed by atoms with Gasteiger partial charge in [0, 0.05) is 30.2 Å². The van der Waals surface area contributed by atoms with Crippen molar-refractivity contribution in [2.45, 2.75) is 24.0 Å². The summed E-state index contributed by atoms with van der Waals surface area (Å²) >= 11 is 0. The van der Waals surface area contributed by atoms with E-state index in [0.29, 0.717) is 17.1 Å². The first kappa shape index (κ1) is 22.0. The summed E-state index contributed by atoms with van der Waals surface area (Å²) < 4.78 is 29.8. The molecule has 0 aliphatic rings.